The van der Waals surface area contributed by atoms with Crippen molar-refractivity contribution in [2.24, 2.45) is 0 Å². The molecule has 0 bridgehead atoms. The van der Waals surface area contributed by atoms with Crippen molar-refractivity contribution >= 4 is 23.5 Å². The standard InChI is InChI=1S/C19H19N3O6/c23-17(10-11-18(24)28-13-12-14-6-2-1-3-7-14)20-21-19(25)15-8-4-5-9-16(15)22(26)27/h1-9H,10-13H2,(H,20,23)(H,21,25). The number of nitrogens with zero attached hydrogens (tertiary/aromatic N) is 1. The predicted octanol–water partition coefficient (Wildman–Crippen LogP) is 1.92. The van der Waals surface area contributed by atoms with Gasteiger partial charge in [0.2, 0.25) is 5.91 Å². The van der Waals surface area contributed by atoms with E-state index in [0.717, 1.165) is 5.56 Å². The summed E-state index contributed by atoms with van der Waals surface area (Å²) in [5.41, 5.74) is 4.67. The highest BCUT2D eigenvalue weighted by Crippen LogP contribution is 2.16. The summed E-state index contributed by atoms with van der Waals surface area (Å²) in [6.07, 6.45) is 0.230. The number of nitro groups is 1. The number of nitrogens with one attached hydrogen (secondary N) is 2. The van der Waals surface area contributed by atoms with Gasteiger partial charge in [-0.25, -0.2) is 0 Å². The van der Waals surface area contributed by atoms with E-state index >= 15 is 0 Å². The molecule has 0 saturated carbocycles. The predicted molar refractivity (Wildman–Crippen MR) is 99.0 cm³/mol. The van der Waals surface area contributed by atoms with Crippen LogP contribution in [0.5, 0.6) is 0 Å². The molecular formula is C19H19N3O6. The maximum Gasteiger partial charge on any atom is 0.306 e. The summed E-state index contributed by atoms with van der Waals surface area (Å²) in [5.74, 6) is -1.98. The number of hydrogen-bond donors (Lipinski definition) is 2. The second-order valence-electron chi connectivity index (χ2n) is 5.73. The number of amides is 2. The number of nitro benzene ring substituents is 1. The number of rotatable bonds is 8. The van der Waals surface area contributed by atoms with Gasteiger partial charge >= 0.3 is 5.97 Å². The molecule has 9 nitrogen and oxygen atoms in total. The topological polar surface area (TPSA) is 128 Å². The zero-order valence-electron chi connectivity index (χ0n) is 14.9. The lowest BCUT2D eigenvalue weighted by atomic mass is 10.2. The summed E-state index contributed by atoms with van der Waals surface area (Å²) in [5, 5.41) is 10.9. The largest absolute Gasteiger partial charge is 0.465 e. The maximum absolute atomic E-state index is 12.0. The molecule has 0 aliphatic carbocycles. The van der Waals surface area contributed by atoms with Crippen molar-refractivity contribution in [3.8, 4) is 0 Å². The molecule has 28 heavy (non-hydrogen) atoms. The summed E-state index contributed by atoms with van der Waals surface area (Å²) in [7, 11) is 0. The SMILES string of the molecule is O=C(CCC(=O)OCCc1ccccc1)NNC(=O)c1ccccc1[N+](=O)[O-]. The first kappa shape index (κ1) is 20.6. The first-order valence-corrected chi connectivity index (χ1v) is 8.49. The van der Waals surface area contributed by atoms with Crippen molar-refractivity contribution in [3.63, 3.8) is 0 Å². The van der Waals surface area contributed by atoms with Crippen LogP contribution in [0.1, 0.15) is 28.8 Å². The summed E-state index contributed by atoms with van der Waals surface area (Å²) < 4.78 is 5.05. The molecule has 0 unspecified atom stereocenters. The summed E-state index contributed by atoms with van der Waals surface area (Å²) in [4.78, 5) is 45.6. The Hall–Kier alpha value is -3.75. The molecule has 2 rings (SSSR count). The van der Waals surface area contributed by atoms with Gasteiger partial charge in [-0.05, 0) is 11.6 Å². The molecule has 2 aromatic rings. The first-order valence-electron chi connectivity index (χ1n) is 8.49. The van der Waals surface area contributed by atoms with Gasteiger partial charge in [0.05, 0.1) is 18.0 Å². The van der Waals surface area contributed by atoms with E-state index in [2.05, 4.69) is 10.9 Å². The fourth-order valence-corrected chi connectivity index (χ4v) is 2.30. The first-order chi connectivity index (χ1) is 13.5. The average Bonchev–Trinajstić information content (AvgIpc) is 2.71. The number of ether oxygens (including phenoxy) is 1. The Morgan fingerprint density at radius 1 is 0.929 bits per heavy atom. The third-order valence-corrected chi connectivity index (χ3v) is 3.71. The Kier molecular flexibility index (Phi) is 7.64. The van der Waals surface area contributed by atoms with Crippen LogP contribution in [-0.4, -0.2) is 29.3 Å². The summed E-state index contributed by atoms with van der Waals surface area (Å²) >= 11 is 0. The molecule has 0 aromatic heterocycles. The summed E-state index contributed by atoms with van der Waals surface area (Å²) in [6, 6.07) is 14.8. The van der Waals surface area contributed by atoms with Crippen LogP contribution >= 0.6 is 0 Å². The van der Waals surface area contributed by atoms with Crippen molar-refractivity contribution in [3.05, 3.63) is 75.8 Å². The van der Waals surface area contributed by atoms with Crippen molar-refractivity contribution in [1.29, 1.82) is 0 Å². The molecule has 9 heteroatoms. The van der Waals surface area contributed by atoms with Gasteiger partial charge < -0.3 is 4.74 Å². The fourth-order valence-electron chi connectivity index (χ4n) is 2.30. The summed E-state index contributed by atoms with van der Waals surface area (Å²) in [6.45, 7) is 0.207. The second kappa shape index (κ2) is 10.4. The van der Waals surface area contributed by atoms with Gasteiger partial charge in [0, 0.05) is 18.9 Å². The number of carbonyl (C=O) groups excluding carboxylic acids is 3. The number of hydrazine groups is 1. The van der Waals surface area contributed by atoms with E-state index in [1.807, 2.05) is 30.3 Å². The molecule has 2 amide bonds. The van der Waals surface area contributed by atoms with Crippen molar-refractivity contribution in [2.75, 3.05) is 6.61 Å². The number of esters is 1. The number of hydrogen-bond acceptors (Lipinski definition) is 6. The molecule has 2 aromatic carbocycles. The van der Waals surface area contributed by atoms with Crippen LogP contribution in [0, 0.1) is 10.1 Å². The minimum Gasteiger partial charge on any atom is -0.465 e. The minimum absolute atomic E-state index is 0.151. The Labute approximate surface area is 160 Å². The molecule has 0 fully saturated rings. The Morgan fingerprint density at radius 3 is 2.32 bits per heavy atom. The smallest absolute Gasteiger partial charge is 0.306 e. The lowest BCUT2D eigenvalue weighted by Crippen LogP contribution is -2.41. The zero-order valence-corrected chi connectivity index (χ0v) is 14.9. The van der Waals surface area contributed by atoms with Crippen LogP contribution in [0.25, 0.3) is 0 Å². The third kappa shape index (κ3) is 6.52. The Balaban J connectivity index is 1.69. The van der Waals surface area contributed by atoms with E-state index in [9.17, 15) is 24.5 Å². The molecule has 2 N–H and O–H groups in total. The van der Waals surface area contributed by atoms with Gasteiger partial charge in [-0.3, -0.25) is 35.3 Å². The van der Waals surface area contributed by atoms with Crippen LogP contribution in [0.3, 0.4) is 0 Å². The van der Waals surface area contributed by atoms with E-state index in [1.54, 1.807) is 0 Å². The fraction of sp³-hybridized carbons (Fsp3) is 0.211. The van der Waals surface area contributed by atoms with Crippen LogP contribution in [0.4, 0.5) is 5.69 Å². The monoisotopic (exact) mass is 385 g/mol. The number of carbonyl (C=O) groups is 3. The minimum atomic E-state index is -0.828. The number of para-hydroxylation sites is 1. The van der Waals surface area contributed by atoms with E-state index in [0.29, 0.717) is 6.42 Å². The van der Waals surface area contributed by atoms with Crippen LogP contribution in [-0.2, 0) is 20.7 Å². The van der Waals surface area contributed by atoms with Gasteiger partial charge in [-0.2, -0.15) is 0 Å². The van der Waals surface area contributed by atoms with Gasteiger partial charge in [-0.15, -0.1) is 0 Å². The van der Waals surface area contributed by atoms with E-state index in [1.165, 1.54) is 24.3 Å². The normalized spacial score (nSPS) is 10.0. The van der Waals surface area contributed by atoms with Gasteiger partial charge in [0.25, 0.3) is 11.6 Å². The van der Waals surface area contributed by atoms with Crippen LogP contribution < -0.4 is 10.9 Å². The Morgan fingerprint density at radius 2 is 1.61 bits per heavy atom. The van der Waals surface area contributed by atoms with Gasteiger partial charge in [0.1, 0.15) is 5.56 Å². The molecule has 0 spiro atoms. The zero-order chi connectivity index (χ0) is 20.4. The average molecular weight is 385 g/mol. The Bertz CT molecular complexity index is 854. The third-order valence-electron chi connectivity index (χ3n) is 3.71. The quantitative estimate of drug-likeness (QED) is 0.406. The molecule has 146 valence electrons. The molecular weight excluding hydrogens is 366 g/mol. The van der Waals surface area contributed by atoms with Gasteiger partial charge in [0.15, 0.2) is 0 Å². The molecule has 0 heterocycles. The van der Waals surface area contributed by atoms with Crippen molar-refractivity contribution in [1.82, 2.24) is 10.9 Å². The van der Waals surface area contributed by atoms with Crippen molar-refractivity contribution in [2.45, 2.75) is 19.3 Å². The maximum atomic E-state index is 12.0. The van der Waals surface area contributed by atoms with Crippen molar-refractivity contribution < 1.29 is 24.0 Å². The highest BCUT2D eigenvalue weighted by atomic mass is 16.6. The highest BCUT2D eigenvalue weighted by Gasteiger charge is 2.19. The highest BCUT2D eigenvalue weighted by molar-refractivity contribution is 5.99. The lowest BCUT2D eigenvalue weighted by Gasteiger charge is -2.08. The second-order valence-corrected chi connectivity index (χ2v) is 5.73. The molecule has 0 atom stereocenters. The van der Waals surface area contributed by atoms with Crippen LogP contribution in [0.15, 0.2) is 54.6 Å². The molecule has 0 saturated heterocycles. The molecule has 0 aliphatic heterocycles. The van der Waals surface area contributed by atoms with E-state index in [4.69, 9.17) is 4.74 Å². The van der Waals surface area contributed by atoms with E-state index in [-0.39, 0.29) is 30.7 Å². The van der Waals surface area contributed by atoms with E-state index < -0.39 is 22.7 Å². The lowest BCUT2D eigenvalue weighted by molar-refractivity contribution is -0.385. The van der Waals surface area contributed by atoms with Crippen LogP contribution in [0.2, 0.25) is 0 Å². The van der Waals surface area contributed by atoms with Gasteiger partial charge in [-0.1, -0.05) is 42.5 Å². The molecule has 0 aliphatic rings. The number of benzene rings is 2. The molecule has 0 radical (unpaired) electrons.